The number of hydrogen-bond donors (Lipinski definition) is 1. The van der Waals surface area contributed by atoms with Gasteiger partial charge in [0.25, 0.3) is 0 Å². The number of benzene rings is 1. The highest BCUT2D eigenvalue weighted by Crippen LogP contribution is 2.30. The minimum atomic E-state index is 0.964. The van der Waals surface area contributed by atoms with Crippen LogP contribution in [-0.4, -0.2) is 47.3 Å². The van der Waals surface area contributed by atoms with E-state index in [4.69, 9.17) is 10.1 Å². The van der Waals surface area contributed by atoms with Gasteiger partial charge < -0.3 is 9.80 Å². The Morgan fingerprint density at radius 2 is 1.73 bits per heavy atom. The number of fused-ring (bicyclic) bond motifs is 1. The van der Waals surface area contributed by atoms with Gasteiger partial charge in [-0.1, -0.05) is 29.8 Å². The van der Waals surface area contributed by atoms with Crippen LogP contribution in [-0.2, 0) is 0 Å². The van der Waals surface area contributed by atoms with Crippen molar-refractivity contribution in [2.24, 2.45) is 0 Å². The Morgan fingerprint density at radius 1 is 1.04 bits per heavy atom. The number of anilines is 1. The zero-order valence-electron chi connectivity index (χ0n) is 16.2. The molecule has 0 radical (unpaired) electrons. The van der Waals surface area contributed by atoms with Gasteiger partial charge in [0.15, 0.2) is 5.65 Å². The van der Waals surface area contributed by atoms with Gasteiger partial charge in [0.2, 0.25) is 0 Å². The van der Waals surface area contributed by atoms with Crippen LogP contribution in [0.15, 0.2) is 30.3 Å². The van der Waals surface area contributed by atoms with Crippen LogP contribution in [0.2, 0.25) is 0 Å². The molecule has 4 rings (SSSR count). The molecule has 0 atom stereocenters. The lowest BCUT2D eigenvalue weighted by Crippen LogP contribution is -3.14. The van der Waals surface area contributed by atoms with E-state index in [9.17, 15) is 0 Å². The van der Waals surface area contributed by atoms with Crippen molar-refractivity contribution in [3.05, 3.63) is 47.3 Å². The summed E-state index contributed by atoms with van der Waals surface area (Å²) in [6, 6.07) is 10.8. The second kappa shape index (κ2) is 6.72. The molecule has 2 aromatic heterocycles. The molecule has 1 saturated heterocycles. The standard InChI is InChI=1S/C21H27N5/c1-5-24-10-12-25(13-11-24)19-14-16(3)22-21-20(17(4)23-26(19)21)18-8-6-15(2)7-9-18/h6-9,14H,5,10-13H2,1-4H3/p+1. The second-order valence-electron chi connectivity index (χ2n) is 7.41. The normalized spacial score (nSPS) is 15.8. The van der Waals surface area contributed by atoms with Crippen molar-refractivity contribution >= 4 is 11.5 Å². The highest BCUT2D eigenvalue weighted by molar-refractivity contribution is 5.81. The first-order valence-electron chi connectivity index (χ1n) is 9.59. The van der Waals surface area contributed by atoms with Gasteiger partial charge in [-0.05, 0) is 33.3 Å². The van der Waals surface area contributed by atoms with Crippen LogP contribution in [0.4, 0.5) is 5.82 Å². The van der Waals surface area contributed by atoms with Crippen molar-refractivity contribution < 1.29 is 4.90 Å². The first-order valence-corrected chi connectivity index (χ1v) is 9.59. The summed E-state index contributed by atoms with van der Waals surface area (Å²) >= 11 is 0. The molecular weight excluding hydrogens is 322 g/mol. The van der Waals surface area contributed by atoms with Gasteiger partial charge in [0.1, 0.15) is 5.82 Å². The molecule has 0 aliphatic carbocycles. The van der Waals surface area contributed by atoms with Crippen molar-refractivity contribution in [2.45, 2.75) is 27.7 Å². The molecule has 1 N–H and O–H groups in total. The highest BCUT2D eigenvalue weighted by atomic mass is 15.4. The first kappa shape index (κ1) is 17.0. The molecule has 0 bridgehead atoms. The van der Waals surface area contributed by atoms with E-state index in [1.165, 1.54) is 36.6 Å². The van der Waals surface area contributed by atoms with Gasteiger partial charge >= 0.3 is 0 Å². The Bertz CT molecular complexity index is 918. The van der Waals surface area contributed by atoms with Crippen LogP contribution in [0.3, 0.4) is 0 Å². The fraction of sp³-hybridized carbons (Fsp3) is 0.429. The number of rotatable bonds is 3. The number of nitrogens with zero attached hydrogens (tertiary/aromatic N) is 4. The molecule has 26 heavy (non-hydrogen) atoms. The van der Waals surface area contributed by atoms with Crippen molar-refractivity contribution in [3.63, 3.8) is 0 Å². The molecule has 0 unspecified atom stereocenters. The number of likely N-dealkylation sites (N-methyl/N-ethyl adjacent to an activating group) is 1. The van der Waals surface area contributed by atoms with Gasteiger partial charge in [-0.15, -0.1) is 0 Å². The van der Waals surface area contributed by atoms with Crippen LogP contribution in [0.5, 0.6) is 0 Å². The van der Waals surface area contributed by atoms with Crippen LogP contribution in [0, 0.1) is 20.8 Å². The third-order valence-electron chi connectivity index (χ3n) is 5.51. The monoisotopic (exact) mass is 350 g/mol. The maximum atomic E-state index is 4.87. The van der Waals surface area contributed by atoms with Gasteiger partial charge in [0.05, 0.1) is 38.4 Å². The van der Waals surface area contributed by atoms with Gasteiger partial charge in [0, 0.05) is 17.3 Å². The van der Waals surface area contributed by atoms with Crippen LogP contribution in [0.25, 0.3) is 16.8 Å². The lowest BCUT2D eigenvalue weighted by atomic mass is 10.0. The Morgan fingerprint density at radius 3 is 2.38 bits per heavy atom. The molecule has 5 nitrogen and oxygen atoms in total. The van der Waals surface area contributed by atoms with E-state index < -0.39 is 0 Å². The lowest BCUT2D eigenvalue weighted by Gasteiger charge is -2.33. The summed E-state index contributed by atoms with van der Waals surface area (Å²) in [4.78, 5) is 9.00. The zero-order chi connectivity index (χ0) is 18.3. The summed E-state index contributed by atoms with van der Waals surface area (Å²) in [7, 11) is 0. The molecular formula is C21H28N5+. The first-order chi connectivity index (χ1) is 12.6. The Hall–Kier alpha value is -2.40. The zero-order valence-corrected chi connectivity index (χ0v) is 16.2. The van der Waals surface area contributed by atoms with Crippen molar-refractivity contribution in [1.82, 2.24) is 14.6 Å². The summed E-state index contributed by atoms with van der Waals surface area (Å²) in [5.41, 5.74) is 6.65. The summed E-state index contributed by atoms with van der Waals surface area (Å²) < 4.78 is 2.05. The predicted molar refractivity (Wildman–Crippen MR) is 106 cm³/mol. The quantitative estimate of drug-likeness (QED) is 0.786. The minimum absolute atomic E-state index is 0.964. The minimum Gasteiger partial charge on any atom is -0.345 e. The Labute approximate surface area is 155 Å². The van der Waals surface area contributed by atoms with Crippen molar-refractivity contribution in [2.75, 3.05) is 37.6 Å². The van der Waals surface area contributed by atoms with E-state index in [0.29, 0.717) is 0 Å². The van der Waals surface area contributed by atoms with E-state index in [1.807, 2.05) is 0 Å². The van der Waals surface area contributed by atoms with Gasteiger partial charge in [-0.3, -0.25) is 0 Å². The molecule has 1 aliphatic rings. The smallest absolute Gasteiger partial charge is 0.165 e. The summed E-state index contributed by atoms with van der Waals surface area (Å²) in [5, 5.41) is 4.87. The number of nitrogens with one attached hydrogen (secondary N) is 1. The number of aromatic nitrogens is 3. The van der Waals surface area contributed by atoms with Crippen LogP contribution in [0.1, 0.15) is 23.9 Å². The molecule has 1 aliphatic heterocycles. The molecule has 5 heteroatoms. The summed E-state index contributed by atoms with van der Waals surface area (Å²) in [6.45, 7) is 14.3. The molecule has 3 aromatic rings. The molecule has 0 saturated carbocycles. The van der Waals surface area contributed by atoms with E-state index in [2.05, 4.69) is 67.4 Å². The van der Waals surface area contributed by atoms with Gasteiger partial charge in [-0.25, -0.2) is 4.98 Å². The van der Waals surface area contributed by atoms with Crippen molar-refractivity contribution in [1.29, 1.82) is 0 Å². The Kier molecular flexibility index (Phi) is 4.41. The molecule has 136 valence electrons. The molecule has 1 fully saturated rings. The topological polar surface area (TPSA) is 37.9 Å². The maximum Gasteiger partial charge on any atom is 0.165 e. The SMILES string of the molecule is CC[NH+]1CCN(c2cc(C)nc3c(-c4ccc(C)cc4)c(C)nn23)CC1. The molecule has 3 heterocycles. The van der Waals surface area contributed by atoms with Crippen LogP contribution < -0.4 is 9.80 Å². The highest BCUT2D eigenvalue weighted by Gasteiger charge is 2.23. The van der Waals surface area contributed by atoms with E-state index >= 15 is 0 Å². The molecule has 0 spiro atoms. The number of aryl methyl sites for hydroxylation is 3. The second-order valence-corrected chi connectivity index (χ2v) is 7.41. The third kappa shape index (κ3) is 2.97. The van der Waals surface area contributed by atoms with E-state index in [1.54, 1.807) is 4.90 Å². The van der Waals surface area contributed by atoms with Crippen molar-refractivity contribution in [3.8, 4) is 11.1 Å². The fourth-order valence-corrected chi connectivity index (χ4v) is 3.91. The number of piperazine rings is 1. The Balaban J connectivity index is 1.81. The average Bonchev–Trinajstić information content (AvgIpc) is 2.97. The lowest BCUT2D eigenvalue weighted by molar-refractivity contribution is -0.898. The number of hydrogen-bond acceptors (Lipinski definition) is 3. The summed E-state index contributed by atoms with van der Waals surface area (Å²) in [5.74, 6) is 1.17. The van der Waals surface area contributed by atoms with E-state index in [0.717, 1.165) is 35.7 Å². The fourth-order valence-electron chi connectivity index (χ4n) is 3.91. The predicted octanol–water partition coefficient (Wildman–Crippen LogP) is 2.05. The summed E-state index contributed by atoms with van der Waals surface area (Å²) in [6.07, 6.45) is 0. The van der Waals surface area contributed by atoms with Crippen LogP contribution >= 0.6 is 0 Å². The molecule has 1 aromatic carbocycles. The largest absolute Gasteiger partial charge is 0.345 e. The number of quaternary nitrogens is 1. The molecule has 0 amide bonds. The third-order valence-corrected chi connectivity index (χ3v) is 5.51. The average molecular weight is 350 g/mol. The maximum absolute atomic E-state index is 4.87. The van der Waals surface area contributed by atoms with Gasteiger partial charge in [-0.2, -0.15) is 9.61 Å². The van der Waals surface area contributed by atoms with E-state index in [-0.39, 0.29) is 0 Å².